The number of hydrogen-bond acceptors (Lipinski definition) is 2. The molecule has 2 aromatic rings. The van der Waals surface area contributed by atoms with Crippen LogP contribution in [0.4, 0.5) is 13.2 Å². The van der Waals surface area contributed by atoms with Crippen LogP contribution in [0.5, 0.6) is 0 Å². The molecule has 1 saturated carbocycles. The van der Waals surface area contributed by atoms with Crippen LogP contribution < -0.4 is 0 Å². The van der Waals surface area contributed by atoms with Gasteiger partial charge in [-0.25, -0.2) is 0 Å². The molecule has 2 aromatic carbocycles. The molecular weight excluding hydrogens is 339 g/mol. The maximum absolute atomic E-state index is 13.2. The van der Waals surface area contributed by atoms with Crippen molar-refractivity contribution in [3.05, 3.63) is 76.4 Å². The van der Waals surface area contributed by atoms with E-state index in [0.29, 0.717) is 30.4 Å². The summed E-state index contributed by atoms with van der Waals surface area (Å²) in [6.07, 6.45) is -2.87. The number of nitrogens with zero attached hydrogens (tertiary/aromatic N) is 1. The van der Waals surface area contributed by atoms with E-state index in [1.165, 1.54) is 6.07 Å². The van der Waals surface area contributed by atoms with Gasteiger partial charge in [-0.1, -0.05) is 36.4 Å². The summed E-state index contributed by atoms with van der Waals surface area (Å²) in [5, 5.41) is 9.81. The molecule has 5 heteroatoms. The van der Waals surface area contributed by atoms with E-state index >= 15 is 0 Å². The standard InChI is InChI=1S/C21H14F3NO/c22-21(23,24)14-8-9-15-16(11-14)18(13-5-2-1-3-6-13)17-7-4-10-20(17,12-25)19(15)26/h1-3,5-6,8-9,11H,4,7,10H2. The minimum Gasteiger partial charge on any atom is -0.292 e. The van der Waals surface area contributed by atoms with Gasteiger partial charge in [-0.3, -0.25) is 4.79 Å². The number of rotatable bonds is 1. The normalized spacial score (nSPS) is 22.0. The Morgan fingerprint density at radius 1 is 1.04 bits per heavy atom. The minimum atomic E-state index is -4.50. The Bertz CT molecular complexity index is 983. The third-order valence-electron chi connectivity index (χ3n) is 5.30. The SMILES string of the molecule is N#CC12CCCC1=C(c1ccccc1)c1cc(C(F)(F)F)ccc1C2=O. The summed E-state index contributed by atoms with van der Waals surface area (Å²) in [6, 6.07) is 14.4. The van der Waals surface area contributed by atoms with Gasteiger partial charge in [0.15, 0.2) is 5.78 Å². The van der Waals surface area contributed by atoms with Gasteiger partial charge in [-0.2, -0.15) is 18.4 Å². The molecule has 0 saturated heterocycles. The first-order valence-electron chi connectivity index (χ1n) is 8.35. The van der Waals surface area contributed by atoms with Crippen LogP contribution in [0.1, 0.15) is 46.3 Å². The molecule has 2 aliphatic carbocycles. The number of carbonyl (C=O) groups excluding carboxylic acids is 1. The fourth-order valence-electron chi connectivity index (χ4n) is 4.11. The molecule has 26 heavy (non-hydrogen) atoms. The number of halogens is 3. The van der Waals surface area contributed by atoms with Crippen LogP contribution in [0.15, 0.2) is 54.1 Å². The van der Waals surface area contributed by atoms with E-state index in [9.17, 15) is 23.2 Å². The summed E-state index contributed by atoms with van der Waals surface area (Å²) in [4.78, 5) is 13.1. The van der Waals surface area contributed by atoms with Gasteiger partial charge < -0.3 is 0 Å². The highest BCUT2D eigenvalue weighted by Crippen LogP contribution is 2.54. The van der Waals surface area contributed by atoms with Gasteiger partial charge in [0.25, 0.3) is 0 Å². The zero-order valence-electron chi connectivity index (χ0n) is 13.7. The lowest BCUT2D eigenvalue weighted by Gasteiger charge is -2.32. The molecule has 0 aliphatic heterocycles. The van der Waals surface area contributed by atoms with Gasteiger partial charge in [0.05, 0.1) is 11.6 Å². The van der Waals surface area contributed by atoms with Gasteiger partial charge >= 0.3 is 6.18 Å². The van der Waals surface area contributed by atoms with Gasteiger partial charge in [-0.15, -0.1) is 0 Å². The van der Waals surface area contributed by atoms with E-state index in [-0.39, 0.29) is 16.9 Å². The molecule has 0 heterocycles. The van der Waals surface area contributed by atoms with Gasteiger partial charge in [0, 0.05) is 5.56 Å². The van der Waals surface area contributed by atoms with E-state index in [4.69, 9.17) is 0 Å². The molecule has 2 aliphatic rings. The van der Waals surface area contributed by atoms with E-state index in [1.54, 1.807) is 12.1 Å². The third-order valence-corrected chi connectivity index (χ3v) is 5.30. The largest absolute Gasteiger partial charge is 0.416 e. The summed E-state index contributed by atoms with van der Waals surface area (Å²) in [7, 11) is 0. The molecule has 0 amide bonds. The number of Topliss-reactive ketones (excluding diaryl/α,β-unsaturated/α-hetero) is 1. The lowest BCUT2D eigenvalue weighted by atomic mass is 9.67. The van der Waals surface area contributed by atoms with Crippen LogP contribution in [0.25, 0.3) is 5.57 Å². The van der Waals surface area contributed by atoms with Gasteiger partial charge in [0.1, 0.15) is 5.41 Å². The van der Waals surface area contributed by atoms with Crippen LogP contribution in [0.3, 0.4) is 0 Å². The molecule has 0 spiro atoms. The molecule has 1 fully saturated rings. The van der Waals surface area contributed by atoms with Crippen LogP contribution in [-0.2, 0) is 6.18 Å². The van der Waals surface area contributed by atoms with Crippen molar-refractivity contribution in [2.75, 3.05) is 0 Å². The fraction of sp³-hybridized carbons (Fsp3) is 0.238. The minimum absolute atomic E-state index is 0.198. The topological polar surface area (TPSA) is 40.9 Å². The van der Waals surface area contributed by atoms with Crippen molar-refractivity contribution in [2.24, 2.45) is 5.41 Å². The Labute approximate surface area is 148 Å². The second kappa shape index (κ2) is 5.57. The van der Waals surface area contributed by atoms with E-state index in [0.717, 1.165) is 17.7 Å². The summed E-state index contributed by atoms with van der Waals surface area (Å²) >= 11 is 0. The van der Waals surface area contributed by atoms with Crippen molar-refractivity contribution in [1.29, 1.82) is 5.26 Å². The Morgan fingerprint density at radius 2 is 1.77 bits per heavy atom. The predicted molar refractivity (Wildman–Crippen MR) is 90.1 cm³/mol. The Balaban J connectivity index is 2.08. The Morgan fingerprint density at radius 3 is 2.42 bits per heavy atom. The maximum atomic E-state index is 13.2. The van der Waals surface area contributed by atoms with Gasteiger partial charge in [0.2, 0.25) is 0 Å². The van der Waals surface area contributed by atoms with Crippen molar-refractivity contribution in [1.82, 2.24) is 0 Å². The van der Waals surface area contributed by atoms with Crippen molar-refractivity contribution in [3.8, 4) is 6.07 Å². The zero-order chi connectivity index (χ0) is 18.5. The number of fused-ring (bicyclic) bond motifs is 2. The molecule has 0 aromatic heterocycles. The number of nitriles is 1. The molecule has 0 N–H and O–H groups in total. The summed E-state index contributed by atoms with van der Waals surface area (Å²) in [5.41, 5.74) is 0.423. The number of hydrogen-bond donors (Lipinski definition) is 0. The number of carbonyl (C=O) groups is 1. The summed E-state index contributed by atoms with van der Waals surface area (Å²) in [5.74, 6) is -0.379. The second-order valence-corrected chi connectivity index (χ2v) is 6.68. The maximum Gasteiger partial charge on any atom is 0.416 e. The van der Waals surface area contributed by atoms with Crippen LogP contribution in [0, 0.1) is 16.7 Å². The quantitative estimate of drug-likeness (QED) is 0.689. The monoisotopic (exact) mass is 353 g/mol. The van der Waals surface area contributed by atoms with Crippen LogP contribution >= 0.6 is 0 Å². The van der Waals surface area contributed by atoms with E-state index in [1.807, 2.05) is 18.2 Å². The van der Waals surface area contributed by atoms with Crippen LogP contribution in [-0.4, -0.2) is 5.78 Å². The lowest BCUT2D eigenvalue weighted by Crippen LogP contribution is -2.33. The smallest absolute Gasteiger partial charge is 0.292 e. The van der Waals surface area contributed by atoms with Crippen LogP contribution in [0.2, 0.25) is 0 Å². The number of ketones is 1. The first-order valence-corrected chi connectivity index (χ1v) is 8.35. The highest BCUT2D eigenvalue weighted by molar-refractivity contribution is 6.14. The van der Waals surface area contributed by atoms with E-state index < -0.39 is 17.2 Å². The van der Waals surface area contributed by atoms with Crippen molar-refractivity contribution in [3.63, 3.8) is 0 Å². The summed E-state index contributed by atoms with van der Waals surface area (Å²) in [6.45, 7) is 0. The molecule has 0 radical (unpaired) electrons. The van der Waals surface area contributed by atoms with Gasteiger partial charge in [-0.05, 0) is 53.7 Å². The Hall–Kier alpha value is -2.87. The fourth-order valence-corrected chi connectivity index (χ4v) is 4.11. The molecule has 130 valence electrons. The molecule has 4 rings (SSSR count). The first-order chi connectivity index (χ1) is 12.4. The molecule has 1 unspecified atom stereocenters. The average molecular weight is 353 g/mol. The third kappa shape index (κ3) is 2.22. The lowest BCUT2D eigenvalue weighted by molar-refractivity contribution is -0.137. The van der Waals surface area contributed by atoms with Crippen molar-refractivity contribution in [2.45, 2.75) is 25.4 Å². The molecule has 1 atom stereocenters. The number of benzene rings is 2. The highest BCUT2D eigenvalue weighted by atomic mass is 19.4. The number of allylic oxidation sites excluding steroid dienone is 1. The van der Waals surface area contributed by atoms with Crippen molar-refractivity contribution < 1.29 is 18.0 Å². The molecular formula is C21H14F3NO. The highest BCUT2D eigenvalue weighted by Gasteiger charge is 2.51. The molecule has 2 nitrogen and oxygen atoms in total. The zero-order valence-corrected chi connectivity index (χ0v) is 13.7. The Kier molecular flexibility index (Phi) is 3.55. The second-order valence-electron chi connectivity index (χ2n) is 6.68. The predicted octanol–water partition coefficient (Wildman–Crippen LogP) is 5.40. The van der Waals surface area contributed by atoms with E-state index in [2.05, 4.69) is 6.07 Å². The number of alkyl halides is 3. The first kappa shape index (κ1) is 16.6. The van der Waals surface area contributed by atoms with Crippen molar-refractivity contribution >= 4 is 11.4 Å². The summed E-state index contributed by atoms with van der Waals surface area (Å²) < 4.78 is 39.7. The average Bonchev–Trinajstić information content (AvgIpc) is 3.07. The molecule has 0 bridgehead atoms.